The Bertz CT molecular complexity index is 413. The van der Waals surface area contributed by atoms with E-state index in [1.165, 1.54) is 32.2 Å². The zero-order chi connectivity index (χ0) is 15.1. The second-order valence-corrected chi connectivity index (χ2v) is 6.49. The summed E-state index contributed by atoms with van der Waals surface area (Å²) in [6.07, 6.45) is 5.48. The molecule has 0 heterocycles. The van der Waals surface area contributed by atoms with E-state index in [1.54, 1.807) is 0 Å². The van der Waals surface area contributed by atoms with Crippen LogP contribution in [0.1, 0.15) is 45.1 Å². The Labute approximate surface area is 129 Å². The van der Waals surface area contributed by atoms with Crippen molar-refractivity contribution in [3.05, 3.63) is 29.8 Å². The van der Waals surface area contributed by atoms with E-state index in [4.69, 9.17) is 10.5 Å². The van der Waals surface area contributed by atoms with Crippen LogP contribution in [0, 0.1) is 5.92 Å². The maximum absolute atomic E-state index is 5.98. The molecule has 0 spiro atoms. The minimum absolute atomic E-state index is 0.536. The van der Waals surface area contributed by atoms with Crippen molar-refractivity contribution in [2.24, 2.45) is 11.7 Å². The molecular formula is C18H30N2O. The minimum Gasteiger partial charge on any atom is -0.492 e. The lowest BCUT2D eigenvalue weighted by Gasteiger charge is -2.30. The van der Waals surface area contributed by atoms with E-state index in [0.717, 1.165) is 30.5 Å². The quantitative estimate of drug-likeness (QED) is 0.797. The summed E-state index contributed by atoms with van der Waals surface area (Å²) in [5.41, 5.74) is 6.85. The molecule has 0 atom stereocenters. The number of hydrogen-bond donors (Lipinski definition) is 1. The molecule has 3 heteroatoms. The zero-order valence-corrected chi connectivity index (χ0v) is 13.6. The van der Waals surface area contributed by atoms with Crippen molar-refractivity contribution < 1.29 is 4.74 Å². The van der Waals surface area contributed by atoms with Crippen molar-refractivity contribution >= 4 is 0 Å². The number of nitrogens with two attached hydrogens (primary N) is 1. The predicted molar refractivity (Wildman–Crippen MR) is 88.5 cm³/mol. The van der Waals surface area contributed by atoms with Crippen LogP contribution in [0.25, 0.3) is 0 Å². The van der Waals surface area contributed by atoms with E-state index < -0.39 is 0 Å². The molecule has 118 valence electrons. The van der Waals surface area contributed by atoms with Gasteiger partial charge in [-0.3, -0.25) is 4.90 Å². The average molecular weight is 290 g/mol. The molecule has 1 fully saturated rings. The van der Waals surface area contributed by atoms with Gasteiger partial charge < -0.3 is 10.5 Å². The molecule has 0 bridgehead atoms. The second-order valence-electron chi connectivity index (χ2n) is 6.49. The van der Waals surface area contributed by atoms with Gasteiger partial charge in [0.05, 0.1) is 0 Å². The van der Waals surface area contributed by atoms with Crippen molar-refractivity contribution in [3.63, 3.8) is 0 Å². The van der Waals surface area contributed by atoms with E-state index in [0.29, 0.717) is 12.5 Å². The molecule has 1 aromatic carbocycles. The summed E-state index contributed by atoms with van der Waals surface area (Å²) in [4.78, 5) is 2.63. The van der Waals surface area contributed by atoms with Gasteiger partial charge in [0.2, 0.25) is 0 Å². The van der Waals surface area contributed by atoms with Crippen LogP contribution in [-0.4, -0.2) is 30.6 Å². The molecule has 0 unspecified atom stereocenters. The molecule has 1 aliphatic carbocycles. The van der Waals surface area contributed by atoms with Crippen molar-refractivity contribution in [1.82, 2.24) is 4.90 Å². The number of hydrogen-bond acceptors (Lipinski definition) is 3. The highest BCUT2D eigenvalue weighted by Gasteiger charge is 2.22. The van der Waals surface area contributed by atoms with Crippen LogP contribution >= 0.6 is 0 Å². The van der Waals surface area contributed by atoms with E-state index in [9.17, 15) is 0 Å². The Kier molecular flexibility index (Phi) is 6.52. The first-order valence-corrected chi connectivity index (χ1v) is 8.35. The molecule has 1 aromatic rings. The molecule has 0 saturated heterocycles. The fraction of sp³-hybridized carbons (Fsp3) is 0.667. The highest BCUT2D eigenvalue weighted by atomic mass is 16.5. The van der Waals surface area contributed by atoms with Gasteiger partial charge in [-0.2, -0.15) is 0 Å². The lowest BCUT2D eigenvalue weighted by Crippen LogP contribution is -2.39. The molecule has 0 aromatic heterocycles. The van der Waals surface area contributed by atoms with Crippen LogP contribution < -0.4 is 10.5 Å². The maximum Gasteiger partial charge on any atom is 0.123 e. The second kappa shape index (κ2) is 8.40. The van der Waals surface area contributed by atoms with Gasteiger partial charge in [0.15, 0.2) is 0 Å². The molecule has 1 aliphatic rings. The van der Waals surface area contributed by atoms with Crippen LogP contribution in [0.15, 0.2) is 24.3 Å². The van der Waals surface area contributed by atoms with Gasteiger partial charge in [-0.15, -0.1) is 0 Å². The summed E-state index contributed by atoms with van der Waals surface area (Å²) < 4.78 is 5.98. The van der Waals surface area contributed by atoms with E-state index in [1.807, 2.05) is 24.3 Å². The first-order chi connectivity index (χ1) is 10.2. The molecule has 2 N–H and O–H groups in total. The van der Waals surface area contributed by atoms with Gasteiger partial charge in [-0.25, -0.2) is 0 Å². The third-order valence-corrected chi connectivity index (χ3v) is 4.27. The maximum atomic E-state index is 5.98. The molecule has 0 aliphatic heterocycles. The van der Waals surface area contributed by atoms with Crippen LogP contribution in [0.2, 0.25) is 0 Å². The highest BCUT2D eigenvalue weighted by Crippen LogP contribution is 2.24. The van der Waals surface area contributed by atoms with Gasteiger partial charge in [-0.1, -0.05) is 44.9 Å². The summed E-state index contributed by atoms with van der Waals surface area (Å²) in [5.74, 6) is 1.65. The summed E-state index contributed by atoms with van der Waals surface area (Å²) in [7, 11) is 0. The Balaban J connectivity index is 1.86. The van der Waals surface area contributed by atoms with Gasteiger partial charge in [0, 0.05) is 31.2 Å². The topological polar surface area (TPSA) is 38.5 Å². The third-order valence-electron chi connectivity index (χ3n) is 4.27. The molecule has 21 heavy (non-hydrogen) atoms. The average Bonchev–Trinajstić information content (AvgIpc) is 3.00. The first kappa shape index (κ1) is 16.3. The molecule has 0 amide bonds. The van der Waals surface area contributed by atoms with E-state index in [-0.39, 0.29) is 0 Å². The van der Waals surface area contributed by atoms with Crippen molar-refractivity contribution in [1.29, 1.82) is 0 Å². The largest absolute Gasteiger partial charge is 0.492 e. The summed E-state index contributed by atoms with van der Waals surface area (Å²) in [5, 5.41) is 0. The predicted octanol–water partition coefficient (Wildman–Crippen LogP) is 3.42. The number of nitrogens with zero attached hydrogens (tertiary/aromatic N) is 1. The van der Waals surface area contributed by atoms with Gasteiger partial charge >= 0.3 is 0 Å². The van der Waals surface area contributed by atoms with E-state index in [2.05, 4.69) is 18.7 Å². The Hall–Kier alpha value is -1.06. The first-order valence-electron chi connectivity index (χ1n) is 8.35. The molecule has 1 saturated carbocycles. The number of para-hydroxylation sites is 1. The fourth-order valence-corrected chi connectivity index (χ4v) is 3.25. The summed E-state index contributed by atoms with van der Waals surface area (Å²) >= 11 is 0. The number of benzene rings is 1. The monoisotopic (exact) mass is 290 g/mol. The molecule has 2 rings (SSSR count). The van der Waals surface area contributed by atoms with Crippen LogP contribution in [-0.2, 0) is 6.54 Å². The fourth-order valence-electron chi connectivity index (χ4n) is 3.25. The van der Waals surface area contributed by atoms with Crippen molar-refractivity contribution in [2.75, 3.05) is 19.7 Å². The van der Waals surface area contributed by atoms with Crippen molar-refractivity contribution in [3.8, 4) is 5.75 Å². The lowest BCUT2D eigenvalue weighted by molar-refractivity contribution is 0.145. The van der Waals surface area contributed by atoms with Gasteiger partial charge in [0.1, 0.15) is 12.4 Å². The number of rotatable bonds is 8. The smallest absolute Gasteiger partial charge is 0.123 e. The molecule has 0 radical (unpaired) electrons. The summed E-state index contributed by atoms with van der Waals surface area (Å²) in [6, 6.07) is 8.85. The van der Waals surface area contributed by atoms with Gasteiger partial charge in [-0.05, 0) is 24.8 Å². The Morgan fingerprint density at radius 2 is 1.95 bits per heavy atom. The Morgan fingerprint density at radius 1 is 1.24 bits per heavy atom. The SMILES string of the molecule is CC(C)CN(CCOc1ccccc1CN)C1CCCC1. The normalized spacial score (nSPS) is 16.0. The standard InChI is InChI=1S/C18H30N2O/c1-15(2)14-20(17-8-4-5-9-17)11-12-21-18-10-6-3-7-16(18)13-19/h3,6-7,10,15,17H,4-5,8-9,11-14,19H2,1-2H3. The van der Waals surface area contributed by atoms with Crippen LogP contribution in [0.3, 0.4) is 0 Å². The minimum atomic E-state index is 0.536. The van der Waals surface area contributed by atoms with Crippen LogP contribution in [0.4, 0.5) is 0 Å². The Morgan fingerprint density at radius 3 is 2.62 bits per heavy atom. The lowest BCUT2D eigenvalue weighted by atomic mass is 10.1. The molecule has 3 nitrogen and oxygen atoms in total. The van der Waals surface area contributed by atoms with Crippen molar-refractivity contribution in [2.45, 2.75) is 52.1 Å². The third kappa shape index (κ3) is 5.01. The number of ether oxygens (including phenoxy) is 1. The molecular weight excluding hydrogens is 260 g/mol. The summed E-state index contributed by atoms with van der Waals surface area (Å²) in [6.45, 7) is 8.07. The van der Waals surface area contributed by atoms with Crippen LogP contribution in [0.5, 0.6) is 5.75 Å². The van der Waals surface area contributed by atoms with Gasteiger partial charge in [0.25, 0.3) is 0 Å². The zero-order valence-electron chi connectivity index (χ0n) is 13.6. The highest BCUT2D eigenvalue weighted by molar-refractivity contribution is 5.32. The van der Waals surface area contributed by atoms with E-state index >= 15 is 0 Å².